The molecule has 0 atom stereocenters. The molecule has 0 saturated carbocycles. The first-order valence-corrected chi connectivity index (χ1v) is 14.6. The lowest BCUT2D eigenvalue weighted by atomic mass is 10.0. The van der Waals surface area contributed by atoms with E-state index in [4.69, 9.17) is 23.7 Å². The zero-order chi connectivity index (χ0) is 26.9. The summed E-state index contributed by atoms with van der Waals surface area (Å²) in [5.74, 6) is 2.11. The van der Waals surface area contributed by atoms with Crippen LogP contribution in [-0.4, -0.2) is 101 Å². The van der Waals surface area contributed by atoms with Gasteiger partial charge in [0.1, 0.15) is 17.2 Å². The molecule has 8 heteroatoms. The molecular weight excluding hydrogens is 496 g/mol. The van der Waals surface area contributed by atoms with Gasteiger partial charge in [0.05, 0.1) is 46.2 Å². The van der Waals surface area contributed by atoms with Gasteiger partial charge >= 0.3 is 0 Å². The summed E-state index contributed by atoms with van der Waals surface area (Å²) in [5, 5.41) is 0. The zero-order valence-electron chi connectivity index (χ0n) is 23.3. The fraction of sp³-hybridized carbons (Fsp3) is 0.581. The highest BCUT2D eigenvalue weighted by atomic mass is 16.5. The van der Waals surface area contributed by atoms with E-state index in [1.165, 1.54) is 0 Å². The van der Waals surface area contributed by atoms with Gasteiger partial charge in [0.15, 0.2) is 5.78 Å². The van der Waals surface area contributed by atoms with Crippen molar-refractivity contribution in [3.05, 3.63) is 41.5 Å². The van der Waals surface area contributed by atoms with Crippen LogP contribution >= 0.6 is 0 Å². The molecule has 2 heterocycles. The Labute approximate surface area is 232 Å². The Hall–Kier alpha value is -2.65. The molecule has 2 saturated heterocycles. The Kier molecular flexibility index (Phi) is 10.1. The first-order valence-electron chi connectivity index (χ1n) is 14.6. The van der Waals surface area contributed by atoms with Crippen molar-refractivity contribution in [1.82, 2.24) is 9.80 Å². The average Bonchev–Trinajstić information content (AvgIpc) is 3.27. The Morgan fingerprint density at radius 1 is 0.718 bits per heavy atom. The molecule has 1 aliphatic carbocycles. The summed E-state index contributed by atoms with van der Waals surface area (Å²) < 4.78 is 29.6. The molecule has 212 valence electrons. The molecule has 0 radical (unpaired) electrons. The number of hydrogen-bond acceptors (Lipinski definition) is 8. The molecule has 39 heavy (non-hydrogen) atoms. The molecule has 5 rings (SSSR count). The molecule has 3 aliphatic rings. The molecule has 0 spiro atoms. The lowest BCUT2D eigenvalue weighted by molar-refractivity contribution is 0.0357. The van der Waals surface area contributed by atoms with Crippen LogP contribution in [0.4, 0.5) is 0 Å². The van der Waals surface area contributed by atoms with Crippen molar-refractivity contribution < 1.29 is 28.5 Å². The number of carbonyl (C=O) groups is 1. The van der Waals surface area contributed by atoms with E-state index >= 15 is 0 Å². The Bertz CT molecular complexity index is 1090. The third-order valence-electron chi connectivity index (χ3n) is 7.57. The molecule has 2 aliphatic heterocycles. The van der Waals surface area contributed by atoms with Crippen LogP contribution in [0.3, 0.4) is 0 Å². The van der Waals surface area contributed by atoms with Gasteiger partial charge in [-0.1, -0.05) is 25.5 Å². The van der Waals surface area contributed by atoms with Crippen molar-refractivity contribution in [1.29, 1.82) is 0 Å². The fourth-order valence-corrected chi connectivity index (χ4v) is 5.39. The van der Waals surface area contributed by atoms with E-state index in [0.29, 0.717) is 42.4 Å². The predicted octanol–water partition coefficient (Wildman–Crippen LogP) is 4.28. The Morgan fingerprint density at radius 3 is 1.97 bits per heavy atom. The van der Waals surface area contributed by atoms with Gasteiger partial charge < -0.3 is 23.7 Å². The molecule has 8 nitrogen and oxygen atoms in total. The minimum atomic E-state index is -0.00197. The van der Waals surface area contributed by atoms with Crippen molar-refractivity contribution >= 4 is 5.78 Å². The van der Waals surface area contributed by atoms with Crippen LogP contribution in [0.5, 0.6) is 17.2 Å². The van der Waals surface area contributed by atoms with Crippen LogP contribution in [0, 0.1) is 0 Å². The van der Waals surface area contributed by atoms with Crippen LogP contribution in [0.2, 0.25) is 0 Å². The van der Waals surface area contributed by atoms with E-state index in [-0.39, 0.29) is 5.78 Å². The quantitative estimate of drug-likeness (QED) is 0.282. The second-order valence-corrected chi connectivity index (χ2v) is 10.4. The summed E-state index contributed by atoms with van der Waals surface area (Å²) in [5.41, 5.74) is 2.97. The predicted molar refractivity (Wildman–Crippen MR) is 150 cm³/mol. The highest BCUT2D eigenvalue weighted by Crippen LogP contribution is 2.49. The van der Waals surface area contributed by atoms with Gasteiger partial charge in [0, 0.05) is 67.6 Å². The van der Waals surface area contributed by atoms with E-state index in [9.17, 15) is 4.79 Å². The lowest BCUT2D eigenvalue weighted by Crippen LogP contribution is -2.37. The smallest absolute Gasteiger partial charge is 0.194 e. The minimum absolute atomic E-state index is 0.00197. The maximum absolute atomic E-state index is 13.5. The summed E-state index contributed by atoms with van der Waals surface area (Å²) >= 11 is 0. The van der Waals surface area contributed by atoms with Gasteiger partial charge in [0.2, 0.25) is 0 Å². The molecule has 2 fully saturated rings. The van der Waals surface area contributed by atoms with Crippen LogP contribution in [0.15, 0.2) is 30.3 Å². The minimum Gasteiger partial charge on any atom is -0.493 e. The van der Waals surface area contributed by atoms with Crippen molar-refractivity contribution in [2.24, 2.45) is 0 Å². The Balaban J connectivity index is 1.29. The average molecular weight is 539 g/mol. The molecule has 0 aromatic heterocycles. The lowest BCUT2D eigenvalue weighted by Gasteiger charge is -2.26. The normalized spacial score (nSPS) is 17.6. The number of rotatable bonds is 14. The molecular formula is C31H42N2O6. The van der Waals surface area contributed by atoms with Crippen molar-refractivity contribution in [2.45, 2.75) is 32.6 Å². The van der Waals surface area contributed by atoms with Crippen molar-refractivity contribution in [2.75, 3.05) is 85.5 Å². The largest absolute Gasteiger partial charge is 0.493 e. The number of ketones is 1. The molecule has 0 N–H and O–H groups in total. The topological polar surface area (TPSA) is 69.7 Å². The summed E-state index contributed by atoms with van der Waals surface area (Å²) in [4.78, 5) is 18.4. The van der Waals surface area contributed by atoms with E-state index in [1.54, 1.807) is 0 Å². The van der Waals surface area contributed by atoms with E-state index < -0.39 is 0 Å². The third-order valence-corrected chi connectivity index (χ3v) is 7.57. The fourth-order valence-electron chi connectivity index (χ4n) is 5.39. The van der Waals surface area contributed by atoms with Crippen molar-refractivity contribution in [3.63, 3.8) is 0 Å². The highest BCUT2D eigenvalue weighted by Gasteiger charge is 2.33. The van der Waals surface area contributed by atoms with Crippen LogP contribution in [-0.2, 0) is 9.47 Å². The highest BCUT2D eigenvalue weighted by molar-refractivity contribution is 6.23. The number of carbonyl (C=O) groups excluding carboxylic acids is 1. The maximum atomic E-state index is 13.5. The Morgan fingerprint density at radius 2 is 1.31 bits per heavy atom. The zero-order valence-corrected chi connectivity index (χ0v) is 23.3. The summed E-state index contributed by atoms with van der Waals surface area (Å²) in [6, 6.07) is 9.57. The number of hydrogen-bond donors (Lipinski definition) is 0. The molecule has 2 aromatic rings. The van der Waals surface area contributed by atoms with Crippen LogP contribution < -0.4 is 14.2 Å². The second kappa shape index (κ2) is 14.1. The summed E-state index contributed by atoms with van der Waals surface area (Å²) in [6.45, 7) is 12.9. The number of fused-ring (bicyclic) bond motifs is 3. The van der Waals surface area contributed by atoms with Crippen molar-refractivity contribution in [3.8, 4) is 28.4 Å². The number of benzene rings is 2. The molecule has 0 amide bonds. The summed E-state index contributed by atoms with van der Waals surface area (Å²) in [6.07, 6.45) is 3.81. The standard InChI is InChI=1S/C31H42N2O6/c1-2-3-15-39-28-23-24(37-16-5-9-32-11-18-35-19-12-32)22-26-30(28)29-25(31(26)34)7-4-8-27(29)38-17-6-10-33-13-20-36-21-14-33/h4,7-8,22-23H,2-3,5-6,9-21H2,1H3. The van der Waals surface area contributed by atoms with Gasteiger partial charge in [-0.25, -0.2) is 0 Å². The van der Waals surface area contributed by atoms with E-state index in [1.807, 2.05) is 30.3 Å². The first-order chi connectivity index (χ1) is 19.2. The van der Waals surface area contributed by atoms with Gasteiger partial charge in [-0.15, -0.1) is 0 Å². The monoisotopic (exact) mass is 538 g/mol. The summed E-state index contributed by atoms with van der Waals surface area (Å²) in [7, 11) is 0. The van der Waals surface area contributed by atoms with Gasteiger partial charge in [-0.3, -0.25) is 14.6 Å². The number of ether oxygens (including phenoxy) is 5. The van der Waals surface area contributed by atoms with Gasteiger partial charge in [0.25, 0.3) is 0 Å². The molecule has 0 unspecified atom stereocenters. The molecule has 0 bridgehead atoms. The van der Waals surface area contributed by atoms with Crippen LogP contribution in [0.25, 0.3) is 11.1 Å². The van der Waals surface area contributed by atoms with Gasteiger partial charge in [-0.2, -0.15) is 0 Å². The van der Waals surface area contributed by atoms with Gasteiger partial charge in [-0.05, 0) is 31.4 Å². The second-order valence-electron chi connectivity index (χ2n) is 10.4. The number of morpholine rings is 2. The van der Waals surface area contributed by atoms with E-state index in [2.05, 4.69) is 16.7 Å². The van der Waals surface area contributed by atoms with E-state index in [0.717, 1.165) is 108 Å². The SMILES string of the molecule is CCCCOc1cc(OCCCN2CCOCC2)cc2c1-c1c(OCCCN3CCOCC3)cccc1C2=O. The third kappa shape index (κ3) is 7.11. The number of nitrogens with zero attached hydrogens (tertiary/aromatic N) is 2. The first kappa shape index (κ1) is 27.9. The van der Waals surface area contributed by atoms with Crippen LogP contribution in [0.1, 0.15) is 48.5 Å². The maximum Gasteiger partial charge on any atom is 0.194 e. The molecule has 2 aromatic carbocycles. The number of unbranched alkanes of at least 4 members (excludes halogenated alkanes) is 1.